The first-order chi connectivity index (χ1) is 11.2. The van der Waals surface area contributed by atoms with E-state index < -0.39 is 0 Å². The first kappa shape index (κ1) is 15.0. The largest absolute Gasteiger partial charge is 0.711 e. The van der Waals surface area contributed by atoms with Gasteiger partial charge in [-0.15, -0.1) is 0 Å². The molecule has 3 aromatic rings. The molecule has 0 aliphatic heterocycles. The van der Waals surface area contributed by atoms with Crippen LogP contribution in [0.2, 0.25) is 0 Å². The van der Waals surface area contributed by atoms with Crippen LogP contribution in [0.4, 0.5) is 4.39 Å². The zero-order chi connectivity index (χ0) is 16.1. The summed E-state index contributed by atoms with van der Waals surface area (Å²) >= 11 is 0. The number of aromatic nitrogens is 2. The lowest BCUT2D eigenvalue weighted by Gasteiger charge is -2.06. The van der Waals surface area contributed by atoms with Gasteiger partial charge in [-0.1, -0.05) is 42.5 Å². The predicted octanol–water partition coefficient (Wildman–Crippen LogP) is 2.95. The van der Waals surface area contributed by atoms with Gasteiger partial charge in [-0.3, -0.25) is 4.99 Å². The van der Waals surface area contributed by atoms with Crippen molar-refractivity contribution in [3.63, 3.8) is 0 Å². The monoisotopic (exact) mass is 309 g/mol. The van der Waals surface area contributed by atoms with Crippen LogP contribution in [0, 0.1) is 11.0 Å². The quantitative estimate of drug-likeness (QED) is 0.406. The summed E-state index contributed by atoms with van der Waals surface area (Å²) in [6.07, 6.45) is 4.57. The molecular weight excluding hydrogens is 293 g/mol. The third-order valence-electron chi connectivity index (χ3n) is 3.47. The molecule has 0 radical (unpaired) electrons. The second-order valence-electron chi connectivity index (χ2n) is 5.20. The van der Waals surface area contributed by atoms with Crippen molar-refractivity contribution in [1.29, 1.82) is 0 Å². The van der Waals surface area contributed by atoms with Crippen LogP contribution in [0.1, 0.15) is 11.1 Å². The summed E-state index contributed by atoms with van der Waals surface area (Å²) < 4.78 is 15.6. The molecule has 0 fully saturated rings. The topological polar surface area (TPSA) is 44.2 Å². The first-order valence-corrected chi connectivity index (χ1v) is 7.28. The molecule has 5 heteroatoms. The molecule has 0 aliphatic rings. The van der Waals surface area contributed by atoms with Gasteiger partial charge in [0.2, 0.25) is 6.33 Å². The third kappa shape index (κ3) is 4.03. The van der Waals surface area contributed by atoms with Crippen molar-refractivity contribution in [3.8, 4) is 0 Å². The lowest BCUT2D eigenvalue weighted by Crippen LogP contribution is -2.22. The second kappa shape index (κ2) is 6.87. The van der Waals surface area contributed by atoms with Crippen LogP contribution in [0.5, 0.6) is 0 Å². The van der Waals surface area contributed by atoms with Gasteiger partial charge >= 0.3 is 0 Å². The smallest absolute Gasteiger partial charge is 0.247 e. The highest BCUT2D eigenvalue weighted by atomic mass is 19.1. The molecule has 1 aromatic heterocycles. The van der Waals surface area contributed by atoms with E-state index in [-0.39, 0.29) is 5.82 Å². The van der Waals surface area contributed by atoms with Crippen LogP contribution in [0.15, 0.2) is 78.3 Å². The van der Waals surface area contributed by atoms with E-state index in [9.17, 15) is 9.60 Å². The van der Waals surface area contributed by atoms with Crippen molar-refractivity contribution in [2.75, 3.05) is 0 Å². The molecule has 0 saturated heterocycles. The molecule has 0 atom stereocenters. The van der Waals surface area contributed by atoms with Gasteiger partial charge < -0.3 is 5.21 Å². The van der Waals surface area contributed by atoms with E-state index in [1.807, 2.05) is 30.3 Å². The van der Waals surface area contributed by atoms with Gasteiger partial charge in [0.05, 0.1) is 12.3 Å². The second-order valence-corrected chi connectivity index (χ2v) is 5.20. The Labute approximate surface area is 133 Å². The number of aliphatic imine (C=N–C) groups is 1. The Morgan fingerprint density at radius 2 is 1.83 bits per heavy atom. The molecule has 0 amide bonds. The van der Waals surface area contributed by atoms with Gasteiger partial charge in [0, 0.05) is 0 Å². The summed E-state index contributed by atoms with van der Waals surface area (Å²) in [5.41, 5.74) is 2.73. The van der Waals surface area contributed by atoms with Gasteiger partial charge in [0.15, 0.2) is 0 Å². The van der Waals surface area contributed by atoms with Crippen molar-refractivity contribution in [1.82, 2.24) is 4.57 Å². The maximum Gasteiger partial charge on any atom is 0.247 e. The molecule has 0 bridgehead atoms. The summed E-state index contributed by atoms with van der Waals surface area (Å²) in [7, 11) is 0. The van der Waals surface area contributed by atoms with Crippen molar-refractivity contribution in [2.24, 2.45) is 4.99 Å². The number of rotatable bonds is 5. The third-order valence-corrected chi connectivity index (χ3v) is 3.47. The number of benzene rings is 2. The molecule has 3 rings (SSSR count). The fourth-order valence-electron chi connectivity index (χ4n) is 2.29. The van der Waals surface area contributed by atoms with E-state index in [1.54, 1.807) is 22.9 Å². The van der Waals surface area contributed by atoms with Crippen LogP contribution in [-0.2, 0) is 13.1 Å². The summed E-state index contributed by atoms with van der Waals surface area (Å²) in [5, 5.41) is 11.2. The summed E-state index contributed by atoms with van der Waals surface area (Å²) in [5.74, 6) is -0.283. The standard InChI is InChI=1S/C18H16FN3O/c19-17-8-6-16(7-9-17)18(13-21-10-11-22(23)14-21)20-12-15-4-2-1-3-5-15/h1-11,14H,12-13H2. The van der Waals surface area contributed by atoms with Crippen LogP contribution >= 0.6 is 0 Å². The maximum atomic E-state index is 13.1. The minimum atomic E-state index is -0.283. The zero-order valence-electron chi connectivity index (χ0n) is 12.5. The maximum absolute atomic E-state index is 13.1. The lowest BCUT2D eigenvalue weighted by molar-refractivity contribution is -0.604. The molecule has 0 spiro atoms. The molecule has 1 heterocycles. The van der Waals surface area contributed by atoms with Gasteiger partial charge in [0.25, 0.3) is 0 Å². The minimum absolute atomic E-state index is 0.283. The fourth-order valence-corrected chi connectivity index (χ4v) is 2.29. The van der Waals surface area contributed by atoms with Crippen molar-refractivity contribution < 1.29 is 9.12 Å². The number of halogens is 1. The molecule has 2 aromatic carbocycles. The van der Waals surface area contributed by atoms with Crippen molar-refractivity contribution >= 4 is 5.71 Å². The molecule has 0 aliphatic carbocycles. The van der Waals surface area contributed by atoms with Crippen molar-refractivity contribution in [2.45, 2.75) is 13.1 Å². The SMILES string of the molecule is [O-][n+]1ccn(CC(=NCc2ccccc2)c2ccc(F)cc2)c1. The highest BCUT2D eigenvalue weighted by molar-refractivity contribution is 6.00. The lowest BCUT2D eigenvalue weighted by atomic mass is 10.1. The Morgan fingerprint density at radius 1 is 1.09 bits per heavy atom. The number of nitrogens with zero attached hydrogens (tertiary/aromatic N) is 3. The van der Waals surface area contributed by atoms with Crippen LogP contribution < -0.4 is 4.73 Å². The van der Waals surface area contributed by atoms with Gasteiger partial charge in [-0.05, 0) is 23.3 Å². The average molecular weight is 309 g/mol. The Balaban J connectivity index is 1.87. The fraction of sp³-hybridized carbons (Fsp3) is 0.111. The van der Waals surface area contributed by atoms with Gasteiger partial charge in [-0.2, -0.15) is 0 Å². The molecule has 4 nitrogen and oxygen atoms in total. The Hall–Kier alpha value is -2.95. The van der Waals surface area contributed by atoms with E-state index in [2.05, 4.69) is 4.99 Å². The summed E-state index contributed by atoms with van der Waals surface area (Å²) in [6, 6.07) is 16.1. The molecule has 0 N–H and O–H groups in total. The molecular formula is C18H16FN3O. The first-order valence-electron chi connectivity index (χ1n) is 7.28. The van der Waals surface area contributed by atoms with E-state index in [1.165, 1.54) is 24.7 Å². The Kier molecular flexibility index (Phi) is 4.47. The number of hydrogen-bond donors (Lipinski definition) is 0. The van der Waals surface area contributed by atoms with E-state index >= 15 is 0 Å². The molecule has 116 valence electrons. The Bertz CT molecular complexity index is 795. The van der Waals surface area contributed by atoms with Gasteiger partial charge in [-0.25, -0.2) is 13.7 Å². The summed E-state index contributed by atoms with van der Waals surface area (Å²) in [4.78, 5) is 4.66. The van der Waals surface area contributed by atoms with E-state index in [0.717, 1.165) is 21.6 Å². The van der Waals surface area contributed by atoms with Crippen LogP contribution in [-0.4, -0.2) is 10.3 Å². The van der Waals surface area contributed by atoms with Crippen molar-refractivity contribution in [3.05, 3.63) is 95.5 Å². The Morgan fingerprint density at radius 3 is 2.48 bits per heavy atom. The molecule has 23 heavy (non-hydrogen) atoms. The van der Waals surface area contributed by atoms with Crippen LogP contribution in [0.3, 0.4) is 0 Å². The highest BCUT2D eigenvalue weighted by Gasteiger charge is 2.09. The highest BCUT2D eigenvalue weighted by Crippen LogP contribution is 2.09. The predicted molar refractivity (Wildman–Crippen MR) is 86.5 cm³/mol. The minimum Gasteiger partial charge on any atom is -0.711 e. The number of hydrogen-bond acceptors (Lipinski definition) is 2. The number of imidazole rings is 1. The average Bonchev–Trinajstić information content (AvgIpc) is 2.98. The molecule has 0 saturated carbocycles. The summed E-state index contributed by atoms with van der Waals surface area (Å²) in [6.45, 7) is 0.986. The normalized spacial score (nSPS) is 11.6. The molecule has 0 unspecified atom stereocenters. The van der Waals surface area contributed by atoms with E-state index in [0.29, 0.717) is 13.1 Å². The van der Waals surface area contributed by atoms with Gasteiger partial charge in [0.1, 0.15) is 24.8 Å². The van der Waals surface area contributed by atoms with Crippen LogP contribution in [0.25, 0.3) is 0 Å². The zero-order valence-corrected chi connectivity index (χ0v) is 12.5. The van der Waals surface area contributed by atoms with E-state index in [4.69, 9.17) is 0 Å².